The lowest BCUT2D eigenvalue weighted by Gasteiger charge is -2.25. The average molecular weight is 315 g/mol. The Balaban J connectivity index is 2.20. The first-order valence-corrected chi connectivity index (χ1v) is 8.09. The molecule has 0 fully saturated rings. The normalized spacial score (nSPS) is 13.4. The first-order chi connectivity index (χ1) is 10.6. The molecule has 0 aliphatic heterocycles. The van der Waals surface area contributed by atoms with Gasteiger partial charge in [0, 0.05) is 16.9 Å². The summed E-state index contributed by atoms with van der Waals surface area (Å²) in [7, 11) is 1.56. The molecule has 0 aliphatic rings. The van der Waals surface area contributed by atoms with E-state index >= 15 is 0 Å². The largest absolute Gasteiger partial charge is 0.369 e. The Morgan fingerprint density at radius 1 is 1.14 bits per heavy atom. The number of amides is 1. The summed E-state index contributed by atoms with van der Waals surface area (Å²) >= 11 is 1.63. The van der Waals surface area contributed by atoms with E-state index in [1.165, 1.54) is 0 Å². The van der Waals surface area contributed by atoms with Crippen LogP contribution in [0.3, 0.4) is 0 Å². The highest BCUT2D eigenvalue weighted by atomic mass is 32.2. The van der Waals surface area contributed by atoms with E-state index < -0.39 is 5.60 Å². The Labute approximate surface area is 136 Å². The van der Waals surface area contributed by atoms with Crippen molar-refractivity contribution in [2.45, 2.75) is 35.7 Å². The summed E-state index contributed by atoms with van der Waals surface area (Å²) in [5, 5.41) is 2.99. The topological polar surface area (TPSA) is 38.3 Å². The van der Waals surface area contributed by atoms with Gasteiger partial charge in [0.15, 0.2) is 0 Å². The van der Waals surface area contributed by atoms with E-state index in [0.29, 0.717) is 6.42 Å². The van der Waals surface area contributed by atoms with Gasteiger partial charge in [-0.25, -0.2) is 0 Å². The Kier molecular flexibility index (Phi) is 5.63. The molecule has 22 heavy (non-hydrogen) atoms. The van der Waals surface area contributed by atoms with Crippen molar-refractivity contribution in [3.8, 4) is 0 Å². The highest BCUT2D eigenvalue weighted by Crippen LogP contribution is 2.33. The third-order valence-electron chi connectivity index (χ3n) is 3.71. The van der Waals surface area contributed by atoms with Crippen LogP contribution in [0.2, 0.25) is 0 Å². The minimum Gasteiger partial charge on any atom is -0.369 e. The molecule has 2 aromatic rings. The molecule has 1 unspecified atom stereocenters. The summed E-state index contributed by atoms with van der Waals surface area (Å²) in [5.41, 5.74) is -0.0112. The maximum Gasteiger partial charge on any atom is 0.256 e. The number of nitrogens with one attached hydrogen (secondary N) is 1. The van der Waals surface area contributed by atoms with Crippen LogP contribution in [0, 0.1) is 0 Å². The van der Waals surface area contributed by atoms with E-state index in [4.69, 9.17) is 4.74 Å². The number of hydrogen-bond donors (Lipinski definition) is 1. The molecule has 2 rings (SSSR count). The molecule has 0 radical (unpaired) electrons. The molecule has 0 saturated heterocycles. The van der Waals surface area contributed by atoms with Crippen molar-refractivity contribution < 1.29 is 9.53 Å². The number of carbonyl (C=O) groups is 1. The fourth-order valence-electron chi connectivity index (χ4n) is 1.93. The first-order valence-electron chi connectivity index (χ1n) is 7.27. The maximum absolute atomic E-state index is 12.5. The zero-order chi connectivity index (χ0) is 16.0. The lowest BCUT2D eigenvalue weighted by atomic mass is 10.0. The van der Waals surface area contributed by atoms with E-state index in [1.807, 2.05) is 49.4 Å². The summed E-state index contributed by atoms with van der Waals surface area (Å²) < 4.78 is 5.36. The number of benzene rings is 2. The predicted molar refractivity (Wildman–Crippen MR) is 91.3 cm³/mol. The molecule has 2 aromatic carbocycles. The standard InChI is InChI=1S/C18H21NO2S/c1-4-18(2,21-3)17(20)19-15-12-8-9-13-16(15)22-14-10-6-5-7-11-14/h5-13H,4H2,1-3H3,(H,19,20). The molecule has 1 N–H and O–H groups in total. The smallest absolute Gasteiger partial charge is 0.256 e. The minimum absolute atomic E-state index is 0.126. The summed E-state index contributed by atoms with van der Waals surface area (Å²) in [5.74, 6) is -0.126. The summed E-state index contributed by atoms with van der Waals surface area (Å²) in [6.45, 7) is 3.74. The predicted octanol–water partition coefficient (Wildman–Crippen LogP) is 4.59. The summed E-state index contributed by atoms with van der Waals surface area (Å²) in [6, 6.07) is 17.9. The van der Waals surface area contributed by atoms with Gasteiger partial charge in [-0.1, -0.05) is 49.0 Å². The molecule has 0 aliphatic carbocycles. The quantitative estimate of drug-likeness (QED) is 0.847. The van der Waals surface area contributed by atoms with Crippen molar-refractivity contribution in [2.75, 3.05) is 12.4 Å². The monoisotopic (exact) mass is 315 g/mol. The summed E-state index contributed by atoms with van der Waals surface area (Å²) in [6.07, 6.45) is 0.614. The van der Waals surface area contributed by atoms with Gasteiger partial charge in [-0.05, 0) is 37.6 Å². The molecule has 3 nitrogen and oxygen atoms in total. The SMILES string of the molecule is CCC(C)(OC)C(=O)Nc1ccccc1Sc1ccccc1. The van der Waals surface area contributed by atoms with Crippen LogP contribution in [0.15, 0.2) is 64.4 Å². The molecule has 0 aromatic heterocycles. The van der Waals surface area contributed by atoms with Crippen LogP contribution in [-0.2, 0) is 9.53 Å². The van der Waals surface area contributed by atoms with Crippen LogP contribution in [-0.4, -0.2) is 18.6 Å². The molecule has 4 heteroatoms. The van der Waals surface area contributed by atoms with Crippen LogP contribution >= 0.6 is 11.8 Å². The lowest BCUT2D eigenvalue weighted by molar-refractivity contribution is -0.136. The molecule has 0 spiro atoms. The zero-order valence-corrected chi connectivity index (χ0v) is 13.9. The van der Waals surface area contributed by atoms with E-state index in [9.17, 15) is 4.79 Å². The van der Waals surface area contributed by atoms with Gasteiger partial charge in [0.1, 0.15) is 5.60 Å². The van der Waals surface area contributed by atoms with Crippen LogP contribution in [0.25, 0.3) is 0 Å². The molecule has 116 valence electrons. The number of rotatable bonds is 6. The van der Waals surface area contributed by atoms with Crippen LogP contribution in [0.5, 0.6) is 0 Å². The lowest BCUT2D eigenvalue weighted by Crippen LogP contribution is -2.41. The molecule has 0 saturated carbocycles. The highest BCUT2D eigenvalue weighted by molar-refractivity contribution is 7.99. The average Bonchev–Trinajstić information content (AvgIpc) is 2.56. The first kappa shape index (κ1) is 16.6. The third kappa shape index (κ3) is 3.90. The van der Waals surface area contributed by atoms with Gasteiger partial charge in [-0.3, -0.25) is 4.79 Å². The number of hydrogen-bond acceptors (Lipinski definition) is 3. The molecule has 0 bridgehead atoms. The van der Waals surface area contributed by atoms with Gasteiger partial charge in [-0.2, -0.15) is 0 Å². The molecular weight excluding hydrogens is 294 g/mol. The second-order valence-electron chi connectivity index (χ2n) is 5.15. The molecule has 0 heterocycles. The molecule has 1 atom stereocenters. The Bertz CT molecular complexity index is 624. The fraction of sp³-hybridized carbons (Fsp3) is 0.278. The molecule has 1 amide bonds. The Morgan fingerprint density at radius 2 is 1.77 bits per heavy atom. The van der Waals surface area contributed by atoms with Crippen LogP contribution in [0.4, 0.5) is 5.69 Å². The number of methoxy groups -OCH3 is 1. The fourth-order valence-corrected chi connectivity index (χ4v) is 2.85. The van der Waals surface area contributed by atoms with Crippen LogP contribution < -0.4 is 5.32 Å². The van der Waals surface area contributed by atoms with Gasteiger partial charge in [-0.15, -0.1) is 0 Å². The van der Waals surface area contributed by atoms with Crippen molar-refractivity contribution in [3.63, 3.8) is 0 Å². The van der Waals surface area contributed by atoms with Gasteiger partial charge in [0.2, 0.25) is 0 Å². The minimum atomic E-state index is -0.815. The van der Waals surface area contributed by atoms with Crippen molar-refractivity contribution in [1.82, 2.24) is 0 Å². The van der Waals surface area contributed by atoms with Gasteiger partial charge < -0.3 is 10.1 Å². The van der Waals surface area contributed by atoms with Crippen molar-refractivity contribution in [1.29, 1.82) is 0 Å². The van der Waals surface area contributed by atoms with E-state index in [-0.39, 0.29) is 5.91 Å². The van der Waals surface area contributed by atoms with Crippen molar-refractivity contribution >= 4 is 23.4 Å². The van der Waals surface area contributed by atoms with E-state index in [1.54, 1.807) is 25.8 Å². The Hall–Kier alpha value is -1.78. The molecular formula is C18H21NO2S. The van der Waals surface area contributed by atoms with E-state index in [2.05, 4.69) is 17.4 Å². The summed E-state index contributed by atoms with van der Waals surface area (Å²) in [4.78, 5) is 14.6. The van der Waals surface area contributed by atoms with Crippen LogP contribution in [0.1, 0.15) is 20.3 Å². The van der Waals surface area contributed by atoms with Gasteiger partial charge in [0.05, 0.1) is 5.69 Å². The second kappa shape index (κ2) is 7.47. The highest BCUT2D eigenvalue weighted by Gasteiger charge is 2.31. The van der Waals surface area contributed by atoms with Crippen molar-refractivity contribution in [3.05, 3.63) is 54.6 Å². The number of anilines is 1. The van der Waals surface area contributed by atoms with Gasteiger partial charge >= 0.3 is 0 Å². The number of para-hydroxylation sites is 1. The zero-order valence-electron chi connectivity index (χ0n) is 13.1. The van der Waals surface area contributed by atoms with Gasteiger partial charge in [0.25, 0.3) is 5.91 Å². The Morgan fingerprint density at radius 3 is 2.41 bits per heavy atom. The number of ether oxygens (including phenoxy) is 1. The van der Waals surface area contributed by atoms with E-state index in [0.717, 1.165) is 15.5 Å². The maximum atomic E-state index is 12.5. The van der Waals surface area contributed by atoms with Crippen molar-refractivity contribution in [2.24, 2.45) is 0 Å². The third-order valence-corrected chi connectivity index (χ3v) is 4.80. The second-order valence-corrected chi connectivity index (χ2v) is 6.27. The number of carbonyl (C=O) groups excluding carboxylic acids is 1.